The fraction of sp³-hybridized carbons (Fsp3) is 0.211. The molecule has 0 bridgehead atoms. The summed E-state index contributed by atoms with van der Waals surface area (Å²) in [5.41, 5.74) is 1.51. The van der Waals surface area contributed by atoms with E-state index < -0.39 is 4.92 Å². The first kappa shape index (κ1) is 16.7. The van der Waals surface area contributed by atoms with Gasteiger partial charge in [0.15, 0.2) is 17.6 Å². The van der Waals surface area contributed by atoms with Gasteiger partial charge < -0.3 is 9.47 Å². The molecule has 0 amide bonds. The van der Waals surface area contributed by atoms with Crippen molar-refractivity contribution in [2.75, 3.05) is 14.2 Å². The van der Waals surface area contributed by atoms with Gasteiger partial charge in [-0.2, -0.15) is 0 Å². The molecular formula is C19H19N2O4+. The molecule has 0 fully saturated rings. The minimum Gasteiger partial charge on any atom is -0.493 e. The molecule has 0 saturated carbocycles. The van der Waals surface area contributed by atoms with Gasteiger partial charge >= 0.3 is 5.69 Å². The zero-order chi connectivity index (χ0) is 18.0. The van der Waals surface area contributed by atoms with E-state index in [4.69, 9.17) is 9.47 Å². The Kier molecular flexibility index (Phi) is 4.52. The SMILES string of the molecule is COc1ccc(Cc2c3ccccc3cc[n+]2C)c([N+](=O)[O-])c1OC. The number of nitro groups is 1. The van der Waals surface area contributed by atoms with Gasteiger partial charge in [-0.15, -0.1) is 0 Å². The number of hydrogen-bond acceptors (Lipinski definition) is 4. The number of pyridine rings is 1. The molecule has 0 saturated heterocycles. The van der Waals surface area contributed by atoms with E-state index in [-0.39, 0.29) is 11.4 Å². The third kappa shape index (κ3) is 2.98. The lowest BCUT2D eigenvalue weighted by atomic mass is 10.0. The lowest BCUT2D eigenvalue weighted by molar-refractivity contribution is -0.677. The number of rotatable bonds is 5. The zero-order valence-electron chi connectivity index (χ0n) is 14.4. The van der Waals surface area contributed by atoms with Gasteiger partial charge in [-0.3, -0.25) is 10.1 Å². The molecule has 25 heavy (non-hydrogen) atoms. The predicted molar refractivity (Wildman–Crippen MR) is 94.1 cm³/mol. The molecule has 2 aromatic carbocycles. The van der Waals surface area contributed by atoms with Gasteiger partial charge in [0.05, 0.1) is 25.6 Å². The molecule has 0 aliphatic carbocycles. The van der Waals surface area contributed by atoms with E-state index in [0.717, 1.165) is 16.5 Å². The lowest BCUT2D eigenvalue weighted by Gasteiger charge is -2.11. The molecule has 0 aliphatic rings. The van der Waals surface area contributed by atoms with Crippen LogP contribution in [0.15, 0.2) is 48.7 Å². The van der Waals surface area contributed by atoms with Crippen LogP contribution < -0.4 is 14.0 Å². The summed E-state index contributed by atoms with van der Waals surface area (Å²) in [6.07, 6.45) is 2.37. The Hall–Kier alpha value is -3.15. The monoisotopic (exact) mass is 339 g/mol. The molecule has 1 heterocycles. The highest BCUT2D eigenvalue weighted by molar-refractivity contribution is 5.83. The van der Waals surface area contributed by atoms with E-state index in [9.17, 15) is 10.1 Å². The highest BCUT2D eigenvalue weighted by Gasteiger charge is 2.27. The number of nitro benzene ring substituents is 1. The predicted octanol–water partition coefficient (Wildman–Crippen LogP) is 3.18. The molecule has 6 nitrogen and oxygen atoms in total. The van der Waals surface area contributed by atoms with Crippen molar-refractivity contribution >= 4 is 16.5 Å². The first-order chi connectivity index (χ1) is 12.1. The van der Waals surface area contributed by atoms with Crippen LogP contribution in [0, 0.1) is 10.1 Å². The first-order valence-corrected chi connectivity index (χ1v) is 7.81. The molecule has 3 aromatic rings. The van der Waals surface area contributed by atoms with Crippen molar-refractivity contribution in [1.29, 1.82) is 0 Å². The van der Waals surface area contributed by atoms with Crippen molar-refractivity contribution in [1.82, 2.24) is 0 Å². The quantitative estimate of drug-likeness (QED) is 0.407. The summed E-state index contributed by atoms with van der Waals surface area (Å²) in [5.74, 6) is 0.494. The molecule has 0 unspecified atom stereocenters. The van der Waals surface area contributed by atoms with Gasteiger partial charge in [0.25, 0.3) is 0 Å². The largest absolute Gasteiger partial charge is 0.493 e. The molecular weight excluding hydrogens is 320 g/mol. The van der Waals surface area contributed by atoms with Crippen molar-refractivity contribution in [3.8, 4) is 11.5 Å². The fourth-order valence-electron chi connectivity index (χ4n) is 3.07. The van der Waals surface area contributed by atoms with E-state index in [1.165, 1.54) is 14.2 Å². The van der Waals surface area contributed by atoms with Crippen molar-refractivity contribution in [3.05, 3.63) is 70.0 Å². The standard InChI is InChI=1S/C19H19N2O4/c1-20-11-10-13-6-4-5-7-15(13)16(20)12-14-8-9-17(24-2)19(25-3)18(14)21(22)23/h4-11H,12H2,1-3H3/q+1. The van der Waals surface area contributed by atoms with Crippen LogP contribution in [0.2, 0.25) is 0 Å². The van der Waals surface area contributed by atoms with E-state index in [1.54, 1.807) is 12.1 Å². The van der Waals surface area contributed by atoms with E-state index in [1.807, 2.05) is 48.1 Å². The molecule has 1 aromatic heterocycles. The number of ether oxygens (including phenoxy) is 2. The third-order valence-corrected chi connectivity index (χ3v) is 4.32. The first-order valence-electron chi connectivity index (χ1n) is 7.81. The van der Waals surface area contributed by atoms with Crippen molar-refractivity contribution in [3.63, 3.8) is 0 Å². The Morgan fingerprint density at radius 3 is 2.52 bits per heavy atom. The normalized spacial score (nSPS) is 10.7. The summed E-state index contributed by atoms with van der Waals surface area (Å²) >= 11 is 0. The van der Waals surface area contributed by atoms with Crippen LogP contribution in [-0.4, -0.2) is 19.1 Å². The molecule has 6 heteroatoms. The van der Waals surface area contributed by atoms with Crippen LogP contribution in [0.5, 0.6) is 11.5 Å². The maximum absolute atomic E-state index is 11.7. The van der Waals surface area contributed by atoms with Crippen LogP contribution in [0.25, 0.3) is 10.8 Å². The maximum atomic E-state index is 11.7. The van der Waals surface area contributed by atoms with Crippen LogP contribution in [0.3, 0.4) is 0 Å². The second-order valence-electron chi connectivity index (χ2n) is 5.70. The van der Waals surface area contributed by atoms with E-state index >= 15 is 0 Å². The van der Waals surface area contributed by atoms with Crippen LogP contribution in [-0.2, 0) is 13.5 Å². The van der Waals surface area contributed by atoms with Crippen LogP contribution in [0.1, 0.15) is 11.3 Å². The maximum Gasteiger partial charge on any atom is 0.318 e. The third-order valence-electron chi connectivity index (χ3n) is 4.32. The van der Waals surface area contributed by atoms with Crippen molar-refractivity contribution in [2.24, 2.45) is 7.05 Å². The highest BCUT2D eigenvalue weighted by atomic mass is 16.6. The van der Waals surface area contributed by atoms with Crippen molar-refractivity contribution < 1.29 is 19.0 Å². The summed E-state index contributed by atoms with van der Waals surface area (Å²) in [7, 11) is 4.81. The van der Waals surface area contributed by atoms with Crippen LogP contribution >= 0.6 is 0 Å². The highest BCUT2D eigenvalue weighted by Crippen LogP contribution is 2.40. The van der Waals surface area contributed by atoms with Gasteiger partial charge in [0.2, 0.25) is 5.75 Å². The summed E-state index contributed by atoms with van der Waals surface area (Å²) in [4.78, 5) is 11.3. The van der Waals surface area contributed by atoms with Crippen LogP contribution in [0.4, 0.5) is 5.69 Å². The number of methoxy groups -OCH3 is 2. The van der Waals surface area contributed by atoms with Crippen molar-refractivity contribution in [2.45, 2.75) is 6.42 Å². The molecule has 0 N–H and O–H groups in total. The lowest BCUT2D eigenvalue weighted by Crippen LogP contribution is -2.33. The van der Waals surface area contributed by atoms with Gasteiger partial charge in [0, 0.05) is 17.0 Å². The minimum absolute atomic E-state index is 0.0604. The number of benzene rings is 2. The number of aryl methyl sites for hydroxylation is 1. The number of nitrogens with zero attached hydrogens (tertiary/aromatic N) is 2. The number of hydrogen-bond donors (Lipinski definition) is 0. The Bertz CT molecular complexity index is 954. The second-order valence-corrected chi connectivity index (χ2v) is 5.70. The average Bonchev–Trinajstić information content (AvgIpc) is 2.63. The minimum atomic E-state index is -0.415. The topological polar surface area (TPSA) is 65.5 Å². The summed E-state index contributed by atoms with van der Waals surface area (Å²) in [6.45, 7) is 0. The molecule has 0 atom stereocenters. The van der Waals surface area contributed by atoms with Gasteiger partial charge in [0.1, 0.15) is 7.05 Å². The summed E-state index contributed by atoms with van der Waals surface area (Å²) < 4.78 is 12.4. The number of aromatic nitrogens is 1. The molecule has 0 aliphatic heterocycles. The smallest absolute Gasteiger partial charge is 0.318 e. The van der Waals surface area contributed by atoms with Gasteiger partial charge in [-0.1, -0.05) is 18.2 Å². The number of fused-ring (bicyclic) bond motifs is 1. The molecule has 0 radical (unpaired) electrons. The average molecular weight is 339 g/mol. The molecule has 0 spiro atoms. The van der Waals surface area contributed by atoms with E-state index in [2.05, 4.69) is 0 Å². The van der Waals surface area contributed by atoms with E-state index in [0.29, 0.717) is 17.7 Å². The second kappa shape index (κ2) is 6.76. The van der Waals surface area contributed by atoms with Gasteiger partial charge in [-0.25, -0.2) is 4.57 Å². The molecule has 3 rings (SSSR count). The fourth-order valence-corrected chi connectivity index (χ4v) is 3.07. The molecule has 128 valence electrons. The Balaban J connectivity index is 2.19. The van der Waals surface area contributed by atoms with Gasteiger partial charge in [-0.05, 0) is 23.6 Å². The summed E-state index contributed by atoms with van der Waals surface area (Å²) in [6, 6.07) is 13.5. The Labute approximate surface area is 145 Å². The summed E-state index contributed by atoms with van der Waals surface area (Å²) in [5, 5.41) is 13.8. The Morgan fingerprint density at radius 1 is 1.08 bits per heavy atom. The Morgan fingerprint density at radius 2 is 1.84 bits per heavy atom. The zero-order valence-corrected chi connectivity index (χ0v) is 14.4.